The molecule has 0 saturated heterocycles. The van der Waals surface area contributed by atoms with Gasteiger partial charge in [0.2, 0.25) is 0 Å². The van der Waals surface area contributed by atoms with Gasteiger partial charge in [-0.05, 0) is 36.4 Å². The molecule has 1 aromatic heterocycles. The van der Waals surface area contributed by atoms with Crippen LogP contribution in [-0.4, -0.2) is 9.97 Å². The minimum Gasteiger partial charge on any atom is -0.378 e. The van der Waals surface area contributed by atoms with Gasteiger partial charge in [-0.3, -0.25) is 4.79 Å². The lowest BCUT2D eigenvalue weighted by atomic mass is 10.2. The molecule has 0 atom stereocenters. The molecule has 21 heavy (non-hydrogen) atoms. The molecule has 6 heteroatoms. The summed E-state index contributed by atoms with van der Waals surface area (Å²) in [5.41, 5.74) is 1.25. The van der Waals surface area contributed by atoms with Gasteiger partial charge in [-0.25, -0.2) is 4.98 Å². The van der Waals surface area contributed by atoms with Crippen molar-refractivity contribution >= 4 is 39.8 Å². The van der Waals surface area contributed by atoms with Crippen molar-refractivity contribution in [3.05, 3.63) is 68.7 Å². The molecule has 106 valence electrons. The van der Waals surface area contributed by atoms with Crippen LogP contribution in [0.5, 0.6) is 0 Å². The number of rotatable bonds is 3. The average Bonchev–Trinajstić information content (AvgIpc) is 2.45. The zero-order valence-corrected chi connectivity index (χ0v) is 12.4. The van der Waals surface area contributed by atoms with E-state index in [4.69, 9.17) is 23.2 Å². The molecule has 3 aromatic rings. The van der Waals surface area contributed by atoms with E-state index in [9.17, 15) is 4.79 Å². The molecule has 1 heterocycles. The molecule has 2 aromatic carbocycles. The molecule has 0 spiro atoms. The SMILES string of the molecule is O=c1[nH]c(CNc2cccc(Cl)c2)nc2cc(Cl)ccc12. The maximum absolute atomic E-state index is 12.0. The number of fused-ring (bicyclic) bond motifs is 1. The largest absolute Gasteiger partial charge is 0.378 e. The van der Waals surface area contributed by atoms with Crippen molar-refractivity contribution < 1.29 is 0 Å². The molecule has 0 amide bonds. The van der Waals surface area contributed by atoms with Gasteiger partial charge < -0.3 is 10.3 Å². The number of halogens is 2. The minimum absolute atomic E-state index is 0.181. The number of hydrogen-bond donors (Lipinski definition) is 2. The summed E-state index contributed by atoms with van der Waals surface area (Å²) < 4.78 is 0. The van der Waals surface area contributed by atoms with E-state index < -0.39 is 0 Å². The number of aromatic nitrogens is 2. The third kappa shape index (κ3) is 3.17. The van der Waals surface area contributed by atoms with E-state index in [-0.39, 0.29) is 5.56 Å². The maximum Gasteiger partial charge on any atom is 0.258 e. The smallest absolute Gasteiger partial charge is 0.258 e. The summed E-state index contributed by atoms with van der Waals surface area (Å²) in [5.74, 6) is 0.537. The Morgan fingerprint density at radius 2 is 1.90 bits per heavy atom. The van der Waals surface area contributed by atoms with E-state index in [1.807, 2.05) is 12.1 Å². The van der Waals surface area contributed by atoms with Crippen LogP contribution in [0.1, 0.15) is 5.82 Å². The van der Waals surface area contributed by atoms with Gasteiger partial charge in [0, 0.05) is 15.7 Å². The Bertz CT molecular complexity index is 861. The highest BCUT2D eigenvalue weighted by molar-refractivity contribution is 6.31. The first-order valence-corrected chi connectivity index (χ1v) is 7.05. The monoisotopic (exact) mass is 319 g/mol. The van der Waals surface area contributed by atoms with Crippen molar-refractivity contribution in [2.45, 2.75) is 6.54 Å². The van der Waals surface area contributed by atoms with E-state index in [1.54, 1.807) is 30.3 Å². The van der Waals surface area contributed by atoms with Crippen LogP contribution in [0.4, 0.5) is 5.69 Å². The highest BCUT2D eigenvalue weighted by Gasteiger charge is 2.04. The topological polar surface area (TPSA) is 57.8 Å². The van der Waals surface area contributed by atoms with E-state index in [0.29, 0.717) is 33.3 Å². The van der Waals surface area contributed by atoms with E-state index in [0.717, 1.165) is 5.69 Å². The van der Waals surface area contributed by atoms with Crippen molar-refractivity contribution in [1.29, 1.82) is 0 Å². The van der Waals surface area contributed by atoms with Gasteiger partial charge in [0.25, 0.3) is 5.56 Å². The number of benzene rings is 2. The minimum atomic E-state index is -0.181. The summed E-state index contributed by atoms with van der Waals surface area (Å²) in [7, 11) is 0. The lowest BCUT2D eigenvalue weighted by Crippen LogP contribution is -2.14. The van der Waals surface area contributed by atoms with E-state index in [1.165, 1.54) is 0 Å². The van der Waals surface area contributed by atoms with Gasteiger partial charge in [-0.1, -0.05) is 29.3 Å². The summed E-state index contributed by atoms with van der Waals surface area (Å²) in [5, 5.41) is 4.87. The van der Waals surface area contributed by atoms with Crippen molar-refractivity contribution in [3.63, 3.8) is 0 Å². The summed E-state index contributed by atoms with van der Waals surface area (Å²) in [6.45, 7) is 0.387. The summed E-state index contributed by atoms with van der Waals surface area (Å²) in [4.78, 5) is 19.1. The third-order valence-electron chi connectivity index (χ3n) is 3.00. The normalized spacial score (nSPS) is 10.8. The number of nitrogens with zero attached hydrogens (tertiary/aromatic N) is 1. The van der Waals surface area contributed by atoms with Crippen LogP contribution in [-0.2, 0) is 6.54 Å². The van der Waals surface area contributed by atoms with Gasteiger partial charge in [0.05, 0.1) is 17.4 Å². The predicted octanol–water partition coefficient (Wildman–Crippen LogP) is 3.84. The first-order chi connectivity index (χ1) is 10.1. The molecule has 3 rings (SSSR count). The Labute approximate surface area is 130 Å². The highest BCUT2D eigenvalue weighted by Crippen LogP contribution is 2.16. The van der Waals surface area contributed by atoms with Crippen molar-refractivity contribution in [2.75, 3.05) is 5.32 Å². The number of anilines is 1. The number of aromatic amines is 1. The lowest BCUT2D eigenvalue weighted by molar-refractivity contribution is 0.953. The number of nitrogens with one attached hydrogen (secondary N) is 2. The number of H-pyrrole nitrogens is 1. The Kier molecular flexibility index (Phi) is 3.82. The quantitative estimate of drug-likeness (QED) is 0.771. The second kappa shape index (κ2) is 5.76. The molecule has 0 aliphatic rings. The van der Waals surface area contributed by atoms with Gasteiger partial charge in [0.1, 0.15) is 5.82 Å². The average molecular weight is 320 g/mol. The molecule has 0 saturated carbocycles. The lowest BCUT2D eigenvalue weighted by Gasteiger charge is -2.07. The van der Waals surface area contributed by atoms with E-state index in [2.05, 4.69) is 15.3 Å². The Morgan fingerprint density at radius 1 is 1.10 bits per heavy atom. The fourth-order valence-electron chi connectivity index (χ4n) is 2.03. The predicted molar refractivity (Wildman–Crippen MR) is 86.2 cm³/mol. The summed E-state index contributed by atoms with van der Waals surface area (Å²) in [6.07, 6.45) is 0. The number of hydrogen-bond acceptors (Lipinski definition) is 3. The van der Waals surface area contributed by atoms with Gasteiger partial charge in [-0.15, -0.1) is 0 Å². The van der Waals surface area contributed by atoms with Crippen LogP contribution in [0.2, 0.25) is 10.0 Å². The summed E-state index contributed by atoms with van der Waals surface area (Å²) >= 11 is 11.9. The van der Waals surface area contributed by atoms with Crippen molar-refractivity contribution in [3.8, 4) is 0 Å². The Balaban J connectivity index is 1.89. The molecule has 2 N–H and O–H groups in total. The third-order valence-corrected chi connectivity index (χ3v) is 3.47. The zero-order valence-electron chi connectivity index (χ0n) is 10.9. The Morgan fingerprint density at radius 3 is 2.71 bits per heavy atom. The van der Waals surface area contributed by atoms with Crippen molar-refractivity contribution in [1.82, 2.24) is 9.97 Å². The molecule has 0 bridgehead atoms. The zero-order chi connectivity index (χ0) is 14.8. The summed E-state index contributed by atoms with van der Waals surface area (Å²) in [6, 6.07) is 12.3. The van der Waals surface area contributed by atoms with Crippen molar-refractivity contribution in [2.24, 2.45) is 0 Å². The molecular formula is C15H11Cl2N3O. The fourth-order valence-corrected chi connectivity index (χ4v) is 2.39. The maximum atomic E-state index is 12.0. The molecule has 0 unspecified atom stereocenters. The molecule has 0 fully saturated rings. The molecule has 4 nitrogen and oxygen atoms in total. The van der Waals surface area contributed by atoms with Crippen LogP contribution in [0.15, 0.2) is 47.3 Å². The highest BCUT2D eigenvalue weighted by atomic mass is 35.5. The standard InChI is InChI=1S/C15H11Cl2N3O/c16-9-2-1-3-11(6-9)18-8-14-19-13-7-10(17)4-5-12(13)15(21)20-14/h1-7,18H,8H2,(H,19,20,21). The van der Waals surface area contributed by atoms with Crippen LogP contribution >= 0.6 is 23.2 Å². The Hall–Kier alpha value is -2.04. The van der Waals surface area contributed by atoms with Gasteiger partial charge in [0.15, 0.2) is 0 Å². The van der Waals surface area contributed by atoms with Gasteiger partial charge in [-0.2, -0.15) is 0 Å². The van der Waals surface area contributed by atoms with Crippen LogP contribution in [0.25, 0.3) is 10.9 Å². The second-order valence-electron chi connectivity index (χ2n) is 4.54. The second-order valence-corrected chi connectivity index (χ2v) is 5.41. The first-order valence-electron chi connectivity index (χ1n) is 6.30. The van der Waals surface area contributed by atoms with Gasteiger partial charge >= 0.3 is 0 Å². The molecule has 0 aliphatic carbocycles. The van der Waals surface area contributed by atoms with Crippen LogP contribution in [0.3, 0.4) is 0 Å². The first kappa shape index (κ1) is 13.9. The molecular weight excluding hydrogens is 309 g/mol. The van der Waals surface area contributed by atoms with Crippen LogP contribution < -0.4 is 10.9 Å². The fraction of sp³-hybridized carbons (Fsp3) is 0.0667. The molecule has 0 radical (unpaired) electrons. The van der Waals surface area contributed by atoms with Crippen LogP contribution in [0, 0.1) is 0 Å². The van der Waals surface area contributed by atoms with E-state index >= 15 is 0 Å². The molecule has 0 aliphatic heterocycles.